The van der Waals surface area contributed by atoms with Gasteiger partial charge in [0.2, 0.25) is 5.91 Å². The van der Waals surface area contributed by atoms with Crippen LogP contribution in [-0.2, 0) is 11.2 Å². The Morgan fingerprint density at radius 3 is 2.65 bits per heavy atom. The average molecular weight is 369 g/mol. The molecule has 1 unspecified atom stereocenters. The quantitative estimate of drug-likeness (QED) is 0.757. The molecule has 0 fully saturated rings. The Kier molecular flexibility index (Phi) is 7.05. The first-order chi connectivity index (χ1) is 12.4. The second-order valence-electron chi connectivity index (χ2n) is 6.02. The number of amides is 1. The van der Waals surface area contributed by atoms with Crippen molar-refractivity contribution in [3.05, 3.63) is 52.7 Å². The number of ether oxygens (including phenoxy) is 1. The number of carbonyl (C=O) groups is 1. The maximum absolute atomic E-state index is 12.3. The number of nitrogens with one attached hydrogen (secondary N) is 1. The number of benzene rings is 1. The Morgan fingerprint density at radius 1 is 1.35 bits per heavy atom. The molecule has 0 saturated heterocycles. The van der Waals surface area contributed by atoms with Crippen molar-refractivity contribution in [1.29, 1.82) is 5.26 Å². The molecule has 0 aliphatic heterocycles. The number of nitriles is 1. The van der Waals surface area contributed by atoms with E-state index in [1.165, 1.54) is 11.8 Å². The maximum Gasteiger partial charge on any atom is 0.233 e. The van der Waals surface area contributed by atoms with Crippen molar-refractivity contribution >= 4 is 17.7 Å². The number of hydrogen-bond acceptors (Lipinski definition) is 5. The van der Waals surface area contributed by atoms with Gasteiger partial charge < -0.3 is 10.1 Å². The lowest BCUT2D eigenvalue weighted by atomic mass is 10.1. The molecule has 5 nitrogen and oxygen atoms in total. The molecule has 1 aromatic heterocycles. The predicted molar refractivity (Wildman–Crippen MR) is 103 cm³/mol. The minimum Gasteiger partial charge on any atom is -0.497 e. The van der Waals surface area contributed by atoms with Gasteiger partial charge in [-0.1, -0.05) is 23.9 Å². The van der Waals surface area contributed by atoms with Gasteiger partial charge >= 0.3 is 0 Å². The van der Waals surface area contributed by atoms with Crippen LogP contribution in [0.2, 0.25) is 0 Å². The molecule has 0 saturated carbocycles. The lowest BCUT2D eigenvalue weighted by Crippen LogP contribution is -2.32. The van der Waals surface area contributed by atoms with Crippen molar-refractivity contribution in [2.24, 2.45) is 0 Å². The van der Waals surface area contributed by atoms with Crippen molar-refractivity contribution in [1.82, 2.24) is 10.3 Å². The summed E-state index contributed by atoms with van der Waals surface area (Å²) < 4.78 is 5.13. The summed E-state index contributed by atoms with van der Waals surface area (Å²) >= 11 is 1.32. The number of rotatable bonds is 7. The summed E-state index contributed by atoms with van der Waals surface area (Å²) in [6, 6.07) is 11.9. The van der Waals surface area contributed by atoms with E-state index < -0.39 is 0 Å². The van der Waals surface area contributed by atoms with Gasteiger partial charge in [0, 0.05) is 12.2 Å². The predicted octanol–water partition coefficient (Wildman–Crippen LogP) is 3.42. The van der Waals surface area contributed by atoms with Crippen LogP contribution in [0.5, 0.6) is 5.75 Å². The van der Waals surface area contributed by atoms with Gasteiger partial charge in [0.05, 0.1) is 17.9 Å². The summed E-state index contributed by atoms with van der Waals surface area (Å²) in [6.07, 6.45) is 0.748. The second kappa shape index (κ2) is 9.25. The molecule has 2 rings (SSSR count). The topological polar surface area (TPSA) is 75.0 Å². The highest BCUT2D eigenvalue weighted by Crippen LogP contribution is 2.27. The minimum absolute atomic E-state index is 0.0617. The number of hydrogen-bond donors (Lipinski definition) is 1. The molecule has 1 aromatic carbocycles. The van der Waals surface area contributed by atoms with Crippen molar-refractivity contribution < 1.29 is 9.53 Å². The Bertz CT molecular complexity index is 813. The molecule has 0 bridgehead atoms. The van der Waals surface area contributed by atoms with Crippen LogP contribution in [0.15, 0.2) is 35.4 Å². The van der Waals surface area contributed by atoms with E-state index in [2.05, 4.69) is 16.4 Å². The van der Waals surface area contributed by atoms with Gasteiger partial charge in [0.25, 0.3) is 0 Å². The molecule has 2 aromatic rings. The molecule has 6 heteroatoms. The Labute approximate surface area is 158 Å². The molecule has 0 aliphatic carbocycles. The van der Waals surface area contributed by atoms with Crippen LogP contribution in [0, 0.1) is 25.2 Å². The summed E-state index contributed by atoms with van der Waals surface area (Å²) in [5, 5.41) is 12.6. The lowest BCUT2D eigenvalue weighted by Gasteiger charge is -2.13. The number of thioether (sulfide) groups is 1. The Hall–Kier alpha value is -2.52. The van der Waals surface area contributed by atoms with Crippen LogP contribution in [0.1, 0.15) is 29.3 Å². The van der Waals surface area contributed by atoms with E-state index in [-0.39, 0.29) is 11.2 Å². The molecular weight excluding hydrogens is 346 g/mol. The van der Waals surface area contributed by atoms with Crippen LogP contribution in [-0.4, -0.2) is 29.8 Å². The number of aromatic nitrogens is 1. The third kappa shape index (κ3) is 5.24. The molecule has 1 amide bonds. The van der Waals surface area contributed by atoms with E-state index in [1.807, 2.05) is 51.1 Å². The van der Waals surface area contributed by atoms with E-state index >= 15 is 0 Å². The van der Waals surface area contributed by atoms with E-state index in [9.17, 15) is 10.1 Å². The first kappa shape index (κ1) is 19.8. The molecule has 0 radical (unpaired) electrons. The fraction of sp³-hybridized carbons (Fsp3) is 0.350. The van der Waals surface area contributed by atoms with Crippen LogP contribution < -0.4 is 10.1 Å². The van der Waals surface area contributed by atoms with Gasteiger partial charge in [0.15, 0.2) is 0 Å². The zero-order valence-corrected chi connectivity index (χ0v) is 16.3. The lowest BCUT2D eigenvalue weighted by molar-refractivity contribution is -0.120. The number of nitrogens with zero attached hydrogens (tertiary/aromatic N) is 2. The highest BCUT2D eigenvalue weighted by atomic mass is 32.2. The van der Waals surface area contributed by atoms with Crippen molar-refractivity contribution in [2.45, 2.75) is 37.5 Å². The molecule has 0 aliphatic rings. The highest BCUT2D eigenvalue weighted by molar-refractivity contribution is 8.00. The third-order valence-electron chi connectivity index (χ3n) is 3.95. The normalized spacial score (nSPS) is 11.5. The van der Waals surface area contributed by atoms with Gasteiger partial charge in [-0.3, -0.25) is 4.79 Å². The first-order valence-corrected chi connectivity index (χ1v) is 9.28. The van der Waals surface area contributed by atoms with Gasteiger partial charge in [-0.15, -0.1) is 0 Å². The summed E-state index contributed by atoms with van der Waals surface area (Å²) in [5.74, 6) is 0.755. The molecular formula is C20H23N3O2S. The smallest absolute Gasteiger partial charge is 0.233 e. The van der Waals surface area contributed by atoms with Crippen molar-refractivity contribution in [3.8, 4) is 11.8 Å². The number of carbonyl (C=O) groups excluding carboxylic acids is 1. The van der Waals surface area contributed by atoms with Gasteiger partial charge in [0.1, 0.15) is 16.8 Å². The zero-order valence-electron chi connectivity index (χ0n) is 15.5. The van der Waals surface area contributed by atoms with Gasteiger partial charge in [-0.25, -0.2) is 4.98 Å². The fourth-order valence-corrected chi connectivity index (χ4v) is 3.56. The van der Waals surface area contributed by atoms with Crippen LogP contribution in [0.25, 0.3) is 0 Å². The Balaban J connectivity index is 1.90. The van der Waals surface area contributed by atoms with E-state index in [4.69, 9.17) is 4.74 Å². The molecule has 1 N–H and O–H groups in total. The van der Waals surface area contributed by atoms with Crippen LogP contribution >= 0.6 is 11.8 Å². The highest BCUT2D eigenvalue weighted by Gasteiger charge is 2.18. The molecule has 0 spiro atoms. The number of methoxy groups -OCH3 is 1. The van der Waals surface area contributed by atoms with Crippen molar-refractivity contribution in [2.75, 3.05) is 13.7 Å². The zero-order chi connectivity index (χ0) is 19.1. The third-order valence-corrected chi connectivity index (χ3v) is 5.04. The molecule has 136 valence electrons. The van der Waals surface area contributed by atoms with Crippen LogP contribution in [0.4, 0.5) is 0 Å². The summed E-state index contributed by atoms with van der Waals surface area (Å²) in [4.78, 5) is 16.8. The van der Waals surface area contributed by atoms with Crippen molar-refractivity contribution in [3.63, 3.8) is 0 Å². The molecule has 1 atom stereocenters. The van der Waals surface area contributed by atoms with E-state index in [1.54, 1.807) is 7.11 Å². The molecule has 1 heterocycles. The standard InChI is InChI=1S/C20H23N3O2S/c1-13-11-14(2)23-20(18(13)12-21)26-15(3)19(24)22-10-9-16-5-7-17(25-4)8-6-16/h5-8,11,15H,9-10H2,1-4H3,(H,22,24). The Morgan fingerprint density at radius 2 is 2.04 bits per heavy atom. The average Bonchev–Trinajstić information content (AvgIpc) is 2.61. The van der Waals surface area contributed by atoms with Gasteiger partial charge in [-0.2, -0.15) is 5.26 Å². The van der Waals surface area contributed by atoms with Crippen LogP contribution in [0.3, 0.4) is 0 Å². The minimum atomic E-state index is -0.327. The largest absolute Gasteiger partial charge is 0.497 e. The van der Waals surface area contributed by atoms with E-state index in [0.717, 1.165) is 29.0 Å². The van der Waals surface area contributed by atoms with E-state index in [0.29, 0.717) is 17.1 Å². The monoisotopic (exact) mass is 369 g/mol. The summed E-state index contributed by atoms with van der Waals surface area (Å²) in [5.41, 5.74) is 3.40. The maximum atomic E-state index is 12.3. The summed E-state index contributed by atoms with van der Waals surface area (Å²) in [7, 11) is 1.64. The second-order valence-corrected chi connectivity index (χ2v) is 7.35. The SMILES string of the molecule is COc1ccc(CCNC(=O)C(C)Sc2nc(C)cc(C)c2C#N)cc1. The fourth-order valence-electron chi connectivity index (χ4n) is 2.51. The summed E-state index contributed by atoms with van der Waals surface area (Å²) in [6.45, 7) is 6.16. The number of aryl methyl sites for hydroxylation is 2. The number of pyridine rings is 1. The van der Waals surface area contributed by atoms with Gasteiger partial charge in [-0.05, 0) is 56.5 Å². The first-order valence-electron chi connectivity index (χ1n) is 8.40. The molecule has 26 heavy (non-hydrogen) atoms.